The summed E-state index contributed by atoms with van der Waals surface area (Å²) in [7, 11) is 0. The Labute approximate surface area is 83.7 Å². The number of hydrogen-bond donors (Lipinski definition) is 1. The first-order valence-corrected chi connectivity index (χ1v) is 5.07. The second-order valence-electron chi connectivity index (χ2n) is 3.72. The van der Waals surface area contributed by atoms with Gasteiger partial charge < -0.3 is 9.84 Å². The molecule has 0 saturated heterocycles. The molecule has 14 heavy (non-hydrogen) atoms. The number of aliphatic hydroxyl groups excluding tert-OH is 1. The highest BCUT2D eigenvalue weighted by Gasteiger charge is 2.20. The molecule has 1 N–H and O–H groups in total. The van der Waals surface area contributed by atoms with E-state index in [4.69, 9.17) is 9.84 Å². The first kappa shape index (κ1) is 9.46. The third-order valence-corrected chi connectivity index (χ3v) is 2.45. The van der Waals surface area contributed by atoms with E-state index in [1.807, 2.05) is 6.07 Å². The van der Waals surface area contributed by atoms with Crippen molar-refractivity contribution in [3.63, 3.8) is 0 Å². The van der Waals surface area contributed by atoms with E-state index in [0.717, 1.165) is 24.7 Å². The van der Waals surface area contributed by atoms with Crippen LogP contribution in [0.3, 0.4) is 0 Å². The topological polar surface area (TPSA) is 42.4 Å². The summed E-state index contributed by atoms with van der Waals surface area (Å²) in [4.78, 5) is 4.04. The van der Waals surface area contributed by atoms with Gasteiger partial charge in [-0.15, -0.1) is 0 Å². The normalized spacial score (nSPS) is 15.5. The minimum Gasteiger partial charge on any atom is -0.492 e. The molecule has 0 unspecified atom stereocenters. The molecule has 1 fully saturated rings. The second-order valence-corrected chi connectivity index (χ2v) is 3.72. The van der Waals surface area contributed by atoms with Crippen LogP contribution in [0, 0.1) is 5.92 Å². The van der Waals surface area contributed by atoms with E-state index in [0.29, 0.717) is 5.69 Å². The maximum Gasteiger partial charge on any atom is 0.137 e. The summed E-state index contributed by atoms with van der Waals surface area (Å²) < 4.78 is 5.51. The highest BCUT2D eigenvalue weighted by Crippen LogP contribution is 2.32. The second kappa shape index (κ2) is 4.42. The van der Waals surface area contributed by atoms with E-state index in [1.165, 1.54) is 12.8 Å². The van der Waals surface area contributed by atoms with Gasteiger partial charge in [0.05, 0.1) is 25.1 Å². The molecular weight excluding hydrogens is 178 g/mol. The van der Waals surface area contributed by atoms with Crippen LogP contribution >= 0.6 is 0 Å². The fourth-order valence-electron chi connectivity index (χ4n) is 1.34. The summed E-state index contributed by atoms with van der Waals surface area (Å²) in [5, 5.41) is 8.78. The monoisotopic (exact) mass is 193 g/mol. The maximum atomic E-state index is 8.78. The molecule has 0 atom stereocenters. The molecule has 1 aliphatic rings. The zero-order valence-corrected chi connectivity index (χ0v) is 8.15. The smallest absolute Gasteiger partial charge is 0.137 e. The molecule has 3 nitrogen and oxygen atoms in total. The van der Waals surface area contributed by atoms with Crippen LogP contribution in [0.1, 0.15) is 25.0 Å². The Kier molecular flexibility index (Phi) is 2.99. The number of ether oxygens (including phenoxy) is 1. The fraction of sp³-hybridized carbons (Fsp3) is 0.545. The Morgan fingerprint density at radius 2 is 2.29 bits per heavy atom. The molecule has 0 aliphatic heterocycles. The van der Waals surface area contributed by atoms with Gasteiger partial charge in [-0.2, -0.15) is 0 Å². The highest BCUT2D eigenvalue weighted by molar-refractivity contribution is 5.19. The minimum absolute atomic E-state index is 0.0116. The molecule has 2 rings (SSSR count). The molecule has 76 valence electrons. The van der Waals surface area contributed by atoms with Gasteiger partial charge in [0.1, 0.15) is 5.75 Å². The predicted molar refractivity (Wildman–Crippen MR) is 53.0 cm³/mol. The van der Waals surface area contributed by atoms with Crippen LogP contribution in [0.25, 0.3) is 0 Å². The fourth-order valence-corrected chi connectivity index (χ4v) is 1.34. The van der Waals surface area contributed by atoms with Crippen molar-refractivity contribution >= 4 is 0 Å². The molecule has 1 saturated carbocycles. The van der Waals surface area contributed by atoms with Crippen LogP contribution in [0.5, 0.6) is 5.75 Å². The van der Waals surface area contributed by atoms with Crippen molar-refractivity contribution in [3.05, 3.63) is 24.0 Å². The Balaban J connectivity index is 1.77. The van der Waals surface area contributed by atoms with E-state index in [-0.39, 0.29) is 6.61 Å². The molecule has 3 heteroatoms. The number of nitrogens with zero attached hydrogens (tertiary/aromatic N) is 1. The van der Waals surface area contributed by atoms with Gasteiger partial charge in [0.2, 0.25) is 0 Å². The van der Waals surface area contributed by atoms with Gasteiger partial charge in [-0.1, -0.05) is 12.8 Å². The van der Waals surface area contributed by atoms with Gasteiger partial charge in [-0.3, -0.25) is 4.98 Å². The van der Waals surface area contributed by atoms with Crippen LogP contribution in [-0.4, -0.2) is 16.7 Å². The van der Waals surface area contributed by atoms with Crippen molar-refractivity contribution in [1.82, 2.24) is 4.98 Å². The quantitative estimate of drug-likeness (QED) is 0.774. The van der Waals surface area contributed by atoms with Crippen LogP contribution in [-0.2, 0) is 6.61 Å². The van der Waals surface area contributed by atoms with E-state index >= 15 is 0 Å². The van der Waals surface area contributed by atoms with Crippen molar-refractivity contribution in [2.75, 3.05) is 6.61 Å². The number of rotatable bonds is 5. The summed E-state index contributed by atoms with van der Waals surface area (Å²) in [5.74, 6) is 1.70. The van der Waals surface area contributed by atoms with E-state index in [2.05, 4.69) is 4.98 Å². The number of aromatic nitrogens is 1. The van der Waals surface area contributed by atoms with Crippen LogP contribution in [0.2, 0.25) is 0 Å². The maximum absolute atomic E-state index is 8.78. The Morgan fingerprint density at radius 3 is 2.86 bits per heavy atom. The summed E-state index contributed by atoms with van der Waals surface area (Å²) in [6, 6.07) is 3.64. The average Bonchev–Trinajstić information content (AvgIpc) is 3.03. The van der Waals surface area contributed by atoms with E-state index < -0.39 is 0 Å². The van der Waals surface area contributed by atoms with Gasteiger partial charge in [0.25, 0.3) is 0 Å². The summed E-state index contributed by atoms with van der Waals surface area (Å²) in [6.07, 6.45) is 5.55. The van der Waals surface area contributed by atoms with Crippen LogP contribution < -0.4 is 4.74 Å². The number of hydrogen-bond acceptors (Lipinski definition) is 3. The zero-order valence-electron chi connectivity index (χ0n) is 8.15. The first-order valence-electron chi connectivity index (χ1n) is 5.07. The predicted octanol–water partition coefficient (Wildman–Crippen LogP) is 1.75. The zero-order chi connectivity index (χ0) is 9.80. The molecule has 1 aliphatic carbocycles. The van der Waals surface area contributed by atoms with Gasteiger partial charge in [0, 0.05) is 0 Å². The molecule has 0 aromatic carbocycles. The first-order chi connectivity index (χ1) is 6.88. The highest BCUT2D eigenvalue weighted by atomic mass is 16.5. The SMILES string of the molecule is OCc1ccc(OCCC2CC2)cn1. The molecule has 0 spiro atoms. The van der Waals surface area contributed by atoms with Crippen molar-refractivity contribution in [2.24, 2.45) is 5.92 Å². The Hall–Kier alpha value is -1.09. The lowest BCUT2D eigenvalue weighted by molar-refractivity contribution is 0.275. The third kappa shape index (κ3) is 2.70. The molecule has 0 radical (unpaired) electrons. The molecule has 1 aromatic heterocycles. The lowest BCUT2D eigenvalue weighted by Crippen LogP contribution is -1.99. The lowest BCUT2D eigenvalue weighted by Gasteiger charge is -2.04. The number of pyridine rings is 1. The van der Waals surface area contributed by atoms with Crippen LogP contribution in [0.15, 0.2) is 18.3 Å². The summed E-state index contributed by atoms with van der Waals surface area (Å²) in [5.41, 5.74) is 0.680. The van der Waals surface area contributed by atoms with Gasteiger partial charge >= 0.3 is 0 Å². The van der Waals surface area contributed by atoms with Crippen molar-refractivity contribution in [2.45, 2.75) is 25.9 Å². The summed E-state index contributed by atoms with van der Waals surface area (Å²) in [6.45, 7) is 0.771. The summed E-state index contributed by atoms with van der Waals surface area (Å²) >= 11 is 0. The molecule has 1 heterocycles. The molecule has 1 aromatic rings. The molecule has 0 amide bonds. The largest absolute Gasteiger partial charge is 0.492 e. The van der Waals surface area contributed by atoms with E-state index in [9.17, 15) is 0 Å². The van der Waals surface area contributed by atoms with Gasteiger partial charge in [0.15, 0.2) is 0 Å². The van der Waals surface area contributed by atoms with Crippen molar-refractivity contribution in [3.8, 4) is 5.75 Å². The van der Waals surface area contributed by atoms with Gasteiger partial charge in [-0.25, -0.2) is 0 Å². The average molecular weight is 193 g/mol. The van der Waals surface area contributed by atoms with Crippen LogP contribution in [0.4, 0.5) is 0 Å². The lowest BCUT2D eigenvalue weighted by atomic mass is 10.3. The van der Waals surface area contributed by atoms with Crippen molar-refractivity contribution < 1.29 is 9.84 Å². The number of aliphatic hydroxyl groups is 1. The Morgan fingerprint density at radius 1 is 1.43 bits per heavy atom. The molecule has 0 bridgehead atoms. The molecular formula is C11H15NO2. The van der Waals surface area contributed by atoms with Gasteiger partial charge in [-0.05, 0) is 24.5 Å². The standard InChI is InChI=1S/C11H15NO2/c13-8-10-3-4-11(7-12-10)14-6-5-9-1-2-9/h3-4,7,9,13H,1-2,5-6,8H2. The van der Waals surface area contributed by atoms with E-state index in [1.54, 1.807) is 12.3 Å². The van der Waals surface area contributed by atoms with Crippen molar-refractivity contribution in [1.29, 1.82) is 0 Å². The third-order valence-electron chi connectivity index (χ3n) is 2.45. The Bertz CT molecular complexity index is 280. The minimum atomic E-state index is -0.0116.